The molecule has 0 bridgehead atoms. The Bertz CT molecular complexity index is 801. The molecule has 26 heavy (non-hydrogen) atoms. The van der Waals surface area contributed by atoms with Gasteiger partial charge < -0.3 is 14.4 Å². The number of amides is 1. The van der Waals surface area contributed by atoms with Gasteiger partial charge in [0.2, 0.25) is 5.91 Å². The van der Waals surface area contributed by atoms with Crippen molar-refractivity contribution in [3.63, 3.8) is 0 Å². The number of benzene rings is 1. The molecule has 0 spiro atoms. The van der Waals surface area contributed by atoms with Crippen LogP contribution in [0.25, 0.3) is 11.3 Å². The fraction of sp³-hybridized carbons (Fsp3) is 0.400. The summed E-state index contributed by atoms with van der Waals surface area (Å²) < 4.78 is 19.5. The molecule has 0 aliphatic carbocycles. The van der Waals surface area contributed by atoms with Gasteiger partial charge >= 0.3 is 5.97 Å². The summed E-state index contributed by atoms with van der Waals surface area (Å²) in [5, 5.41) is 9.27. The van der Waals surface area contributed by atoms with Crippen LogP contribution in [0, 0.1) is 11.7 Å². The maximum Gasteiger partial charge on any atom is 0.308 e. The fourth-order valence-electron chi connectivity index (χ4n) is 3.52. The number of rotatable bonds is 5. The molecule has 2 atom stereocenters. The van der Waals surface area contributed by atoms with Gasteiger partial charge in [0, 0.05) is 25.4 Å². The first-order valence-electron chi connectivity index (χ1n) is 8.83. The van der Waals surface area contributed by atoms with Gasteiger partial charge in [-0.25, -0.2) is 4.39 Å². The summed E-state index contributed by atoms with van der Waals surface area (Å²) in [4.78, 5) is 25.5. The molecular formula is C20H22FNO4. The van der Waals surface area contributed by atoms with E-state index in [-0.39, 0.29) is 24.2 Å². The predicted molar refractivity (Wildman–Crippen MR) is 94.0 cm³/mol. The van der Waals surface area contributed by atoms with E-state index in [0.717, 1.165) is 0 Å². The molecule has 2 aromatic rings. The second-order valence-corrected chi connectivity index (χ2v) is 6.66. The van der Waals surface area contributed by atoms with Crippen LogP contribution >= 0.6 is 0 Å². The van der Waals surface area contributed by atoms with Gasteiger partial charge in [0.15, 0.2) is 0 Å². The first kappa shape index (κ1) is 18.2. The topological polar surface area (TPSA) is 70.8 Å². The zero-order valence-corrected chi connectivity index (χ0v) is 14.7. The number of hydrogen-bond donors (Lipinski definition) is 1. The summed E-state index contributed by atoms with van der Waals surface area (Å²) in [5.41, 5.74) is 0.388. The molecule has 0 saturated carbocycles. The molecule has 1 fully saturated rings. The Hall–Kier alpha value is -2.63. The number of aliphatic carboxylic acids is 1. The Morgan fingerprint density at radius 1 is 1.27 bits per heavy atom. The van der Waals surface area contributed by atoms with Gasteiger partial charge in [-0.2, -0.15) is 0 Å². The van der Waals surface area contributed by atoms with Crippen molar-refractivity contribution in [1.82, 2.24) is 4.90 Å². The lowest BCUT2D eigenvalue weighted by Crippen LogP contribution is -2.49. The second kappa shape index (κ2) is 7.72. The van der Waals surface area contributed by atoms with E-state index in [0.29, 0.717) is 42.9 Å². The number of furan rings is 1. The van der Waals surface area contributed by atoms with Crippen LogP contribution in [0.2, 0.25) is 0 Å². The Kier molecular flexibility index (Phi) is 5.40. The maximum absolute atomic E-state index is 13.8. The number of carbonyl (C=O) groups excluding carboxylic acids is 1. The van der Waals surface area contributed by atoms with E-state index >= 15 is 0 Å². The average molecular weight is 359 g/mol. The Labute approximate surface area is 151 Å². The molecule has 3 rings (SSSR count). The van der Waals surface area contributed by atoms with Gasteiger partial charge in [-0.15, -0.1) is 0 Å². The first-order chi connectivity index (χ1) is 12.5. The number of piperidine rings is 1. The highest BCUT2D eigenvalue weighted by molar-refractivity contribution is 5.79. The third kappa shape index (κ3) is 3.79. The summed E-state index contributed by atoms with van der Waals surface area (Å²) in [7, 11) is 0. The molecule has 2 heterocycles. The van der Waals surface area contributed by atoms with E-state index in [1.807, 2.05) is 0 Å². The highest BCUT2D eigenvalue weighted by Gasteiger charge is 2.35. The van der Waals surface area contributed by atoms with Crippen molar-refractivity contribution in [1.29, 1.82) is 0 Å². The molecule has 138 valence electrons. The SMILES string of the molecule is C[C@@H]1[C@H](C(=O)O)CCCN1C(=O)CCc1ccc(-c2ccccc2F)o1. The number of nitrogens with zero attached hydrogens (tertiary/aromatic N) is 1. The molecule has 1 saturated heterocycles. The second-order valence-electron chi connectivity index (χ2n) is 6.66. The van der Waals surface area contributed by atoms with Gasteiger partial charge in [0.1, 0.15) is 17.3 Å². The minimum absolute atomic E-state index is 0.0766. The molecule has 5 nitrogen and oxygen atoms in total. The smallest absolute Gasteiger partial charge is 0.308 e. The van der Waals surface area contributed by atoms with Crippen molar-refractivity contribution < 1.29 is 23.5 Å². The standard InChI is InChI=1S/C20H22FNO4/c1-13-15(20(24)25)6-4-12-22(13)19(23)11-9-14-8-10-18(26-14)16-5-2-3-7-17(16)21/h2-3,5,7-8,10,13,15H,4,6,9,11-12H2,1H3,(H,24,25)/t13-,15-/m1/s1. The lowest BCUT2D eigenvalue weighted by molar-refractivity contribution is -0.149. The van der Waals surface area contributed by atoms with E-state index in [2.05, 4.69) is 0 Å². The van der Waals surface area contributed by atoms with Crippen molar-refractivity contribution in [2.75, 3.05) is 6.54 Å². The molecule has 1 amide bonds. The van der Waals surface area contributed by atoms with Gasteiger partial charge in [0.05, 0.1) is 11.5 Å². The van der Waals surface area contributed by atoms with Crippen LogP contribution in [0.5, 0.6) is 0 Å². The fourth-order valence-corrected chi connectivity index (χ4v) is 3.52. The molecule has 1 aromatic heterocycles. The molecular weight excluding hydrogens is 337 g/mol. The predicted octanol–water partition coefficient (Wildman–Crippen LogP) is 3.73. The molecule has 0 unspecified atom stereocenters. The largest absolute Gasteiger partial charge is 0.481 e. The van der Waals surface area contributed by atoms with E-state index in [1.54, 1.807) is 42.2 Å². The number of likely N-dealkylation sites (tertiary alicyclic amines) is 1. The summed E-state index contributed by atoms with van der Waals surface area (Å²) >= 11 is 0. The maximum atomic E-state index is 13.8. The monoisotopic (exact) mass is 359 g/mol. The number of aryl methyl sites for hydroxylation is 1. The van der Waals surface area contributed by atoms with Crippen molar-refractivity contribution in [3.05, 3.63) is 48.0 Å². The summed E-state index contributed by atoms with van der Waals surface area (Å²) in [6, 6.07) is 9.50. The van der Waals surface area contributed by atoms with E-state index < -0.39 is 11.9 Å². The van der Waals surface area contributed by atoms with E-state index in [1.165, 1.54) is 6.07 Å². The minimum atomic E-state index is -0.851. The Morgan fingerprint density at radius 3 is 2.77 bits per heavy atom. The number of halogens is 1. The lowest BCUT2D eigenvalue weighted by Gasteiger charge is -2.37. The summed E-state index contributed by atoms with van der Waals surface area (Å²) in [6.45, 7) is 2.38. The normalized spacial score (nSPS) is 20.2. The molecule has 1 aliphatic rings. The lowest BCUT2D eigenvalue weighted by atomic mass is 9.90. The van der Waals surface area contributed by atoms with Crippen molar-refractivity contribution in [3.8, 4) is 11.3 Å². The van der Waals surface area contributed by atoms with Crippen molar-refractivity contribution in [2.24, 2.45) is 5.92 Å². The third-order valence-electron chi connectivity index (χ3n) is 5.01. The number of hydrogen-bond acceptors (Lipinski definition) is 3. The van der Waals surface area contributed by atoms with E-state index in [9.17, 15) is 19.1 Å². The molecule has 0 radical (unpaired) electrons. The van der Waals surface area contributed by atoms with Crippen LogP contribution in [0.3, 0.4) is 0 Å². The highest BCUT2D eigenvalue weighted by atomic mass is 19.1. The minimum Gasteiger partial charge on any atom is -0.481 e. The number of carbonyl (C=O) groups is 2. The van der Waals surface area contributed by atoms with Crippen LogP contribution in [0.15, 0.2) is 40.8 Å². The van der Waals surface area contributed by atoms with Crippen LogP contribution in [-0.2, 0) is 16.0 Å². The van der Waals surface area contributed by atoms with Gasteiger partial charge in [-0.05, 0) is 44.0 Å². The summed E-state index contributed by atoms with van der Waals surface area (Å²) in [5.74, 6) is -0.753. The van der Waals surface area contributed by atoms with Crippen LogP contribution in [0.4, 0.5) is 4.39 Å². The van der Waals surface area contributed by atoms with E-state index in [4.69, 9.17) is 4.42 Å². The van der Waals surface area contributed by atoms with Crippen LogP contribution in [-0.4, -0.2) is 34.5 Å². The molecule has 6 heteroatoms. The average Bonchev–Trinajstić information content (AvgIpc) is 3.08. The van der Waals surface area contributed by atoms with Gasteiger partial charge in [-0.3, -0.25) is 9.59 Å². The zero-order chi connectivity index (χ0) is 18.7. The first-order valence-corrected chi connectivity index (χ1v) is 8.83. The quantitative estimate of drug-likeness (QED) is 0.883. The van der Waals surface area contributed by atoms with Crippen molar-refractivity contribution in [2.45, 2.75) is 38.6 Å². The molecule has 1 aromatic carbocycles. The Morgan fingerprint density at radius 2 is 2.04 bits per heavy atom. The molecule has 1 N–H and O–H groups in total. The van der Waals surface area contributed by atoms with Crippen molar-refractivity contribution >= 4 is 11.9 Å². The van der Waals surface area contributed by atoms with Gasteiger partial charge in [-0.1, -0.05) is 12.1 Å². The highest BCUT2D eigenvalue weighted by Crippen LogP contribution is 2.27. The third-order valence-corrected chi connectivity index (χ3v) is 5.01. The summed E-state index contributed by atoms with van der Waals surface area (Å²) in [6.07, 6.45) is 1.94. The molecule has 1 aliphatic heterocycles. The zero-order valence-electron chi connectivity index (χ0n) is 14.7. The van der Waals surface area contributed by atoms with Crippen LogP contribution in [0.1, 0.15) is 31.9 Å². The van der Waals surface area contributed by atoms with Crippen LogP contribution < -0.4 is 0 Å². The van der Waals surface area contributed by atoms with Gasteiger partial charge in [0.25, 0.3) is 0 Å². The Balaban J connectivity index is 1.62. The number of carboxylic acids is 1. The number of carboxylic acid groups (broad SMARTS) is 1.